The molecule has 1 nitrogen and oxygen atoms in total. The average Bonchev–Trinajstić information content (AvgIpc) is 2.68. The molecule has 0 saturated heterocycles. The first-order valence-electron chi connectivity index (χ1n) is 6.56. The molecule has 0 radical (unpaired) electrons. The zero-order valence-corrected chi connectivity index (χ0v) is 10.4. The third-order valence-electron chi connectivity index (χ3n) is 3.23. The van der Waals surface area contributed by atoms with Crippen molar-refractivity contribution in [2.24, 2.45) is 0 Å². The van der Waals surface area contributed by atoms with Gasteiger partial charge in [-0.15, -0.1) is 0 Å². The third-order valence-corrected chi connectivity index (χ3v) is 3.23. The van der Waals surface area contributed by atoms with Crippen molar-refractivity contribution in [3.05, 3.63) is 24.6 Å². The highest BCUT2D eigenvalue weighted by molar-refractivity contribution is 5.03. The maximum atomic E-state index is 2.37. The van der Waals surface area contributed by atoms with Crippen molar-refractivity contribution in [1.29, 1.82) is 0 Å². The van der Waals surface area contributed by atoms with Crippen LogP contribution in [0.3, 0.4) is 0 Å². The Hall–Kier alpha value is -0.560. The van der Waals surface area contributed by atoms with E-state index in [1.807, 2.05) is 0 Å². The maximum absolute atomic E-state index is 2.37. The fourth-order valence-electron chi connectivity index (χ4n) is 2.21. The lowest BCUT2D eigenvalue weighted by Crippen LogP contribution is -2.37. The van der Waals surface area contributed by atoms with E-state index >= 15 is 0 Å². The number of allylic oxidation sites excluding steroid dienone is 2. The predicted octanol–water partition coefficient (Wildman–Crippen LogP) is 4.22. The Bertz CT molecular complexity index is 191. The Morgan fingerprint density at radius 3 is 1.60 bits per heavy atom. The topological polar surface area (TPSA) is 0 Å². The fourth-order valence-corrected chi connectivity index (χ4v) is 2.21. The van der Waals surface area contributed by atoms with Gasteiger partial charge in [0.2, 0.25) is 0 Å². The first-order chi connectivity index (χ1) is 7.33. The Balaban J connectivity index is 2.34. The van der Waals surface area contributed by atoms with Gasteiger partial charge in [-0.2, -0.15) is 0 Å². The molecule has 1 aliphatic rings. The molecule has 0 aromatic rings. The molecule has 0 aliphatic carbocycles. The molecule has 0 aromatic carbocycles. The lowest BCUT2D eigenvalue weighted by molar-refractivity contribution is -0.826. The van der Waals surface area contributed by atoms with Crippen LogP contribution in [0.5, 0.6) is 0 Å². The molecule has 1 heterocycles. The van der Waals surface area contributed by atoms with Crippen LogP contribution in [0, 0.1) is 0 Å². The summed E-state index contributed by atoms with van der Waals surface area (Å²) in [6, 6.07) is 0. The minimum absolute atomic E-state index is 1.11. The van der Waals surface area contributed by atoms with Crippen LogP contribution >= 0.6 is 0 Å². The molecule has 1 aliphatic heterocycles. The van der Waals surface area contributed by atoms with Gasteiger partial charge in [-0.25, -0.2) is 0 Å². The molecule has 1 rings (SSSR count). The van der Waals surface area contributed by atoms with Gasteiger partial charge in [0.15, 0.2) is 0 Å². The van der Waals surface area contributed by atoms with E-state index in [0.29, 0.717) is 0 Å². The fraction of sp³-hybridized carbons (Fsp3) is 0.714. The number of hydrogen-bond acceptors (Lipinski definition) is 0. The summed E-state index contributed by atoms with van der Waals surface area (Å²) in [7, 11) is 0. The Labute approximate surface area is 95.1 Å². The van der Waals surface area contributed by atoms with Crippen molar-refractivity contribution in [2.45, 2.75) is 52.4 Å². The average molecular weight is 208 g/mol. The normalized spacial score (nSPS) is 17.5. The number of unbranched alkanes of at least 4 members (excludes halogenated alkanes) is 4. The van der Waals surface area contributed by atoms with Crippen LogP contribution in [0.25, 0.3) is 0 Å². The van der Waals surface area contributed by atoms with Gasteiger partial charge in [0.25, 0.3) is 0 Å². The highest BCUT2D eigenvalue weighted by atomic mass is 15.3. The van der Waals surface area contributed by atoms with Crippen LogP contribution in [0.2, 0.25) is 0 Å². The molecule has 0 amide bonds. The minimum Gasteiger partial charge on any atom is -0.271 e. The summed E-state index contributed by atoms with van der Waals surface area (Å²) in [5.74, 6) is 0. The van der Waals surface area contributed by atoms with Gasteiger partial charge in [-0.3, -0.25) is 4.48 Å². The van der Waals surface area contributed by atoms with Crippen molar-refractivity contribution in [2.75, 3.05) is 13.1 Å². The number of quaternary nitrogens is 1. The van der Waals surface area contributed by atoms with Gasteiger partial charge >= 0.3 is 0 Å². The molecule has 0 atom stereocenters. The molecule has 0 aromatic heterocycles. The summed E-state index contributed by atoms with van der Waals surface area (Å²) < 4.78 is 1.11. The van der Waals surface area contributed by atoms with Crippen LogP contribution in [-0.2, 0) is 0 Å². The molecule has 0 spiro atoms. The highest BCUT2D eigenvalue weighted by Crippen LogP contribution is 2.19. The van der Waals surface area contributed by atoms with Gasteiger partial charge in [0.05, 0.1) is 13.1 Å². The van der Waals surface area contributed by atoms with E-state index in [1.54, 1.807) is 0 Å². The Morgan fingerprint density at radius 1 is 0.733 bits per heavy atom. The van der Waals surface area contributed by atoms with Gasteiger partial charge in [0, 0.05) is 0 Å². The van der Waals surface area contributed by atoms with E-state index in [4.69, 9.17) is 0 Å². The van der Waals surface area contributed by atoms with Gasteiger partial charge in [-0.1, -0.05) is 26.7 Å². The number of rotatable bonds is 8. The quantitative estimate of drug-likeness (QED) is 0.414. The van der Waals surface area contributed by atoms with Gasteiger partial charge in [0.1, 0.15) is 12.4 Å². The van der Waals surface area contributed by atoms with Gasteiger partial charge in [-0.05, 0) is 37.8 Å². The highest BCUT2D eigenvalue weighted by Gasteiger charge is 2.22. The maximum Gasteiger partial charge on any atom is 0.101 e. The van der Waals surface area contributed by atoms with Crippen LogP contribution in [0.15, 0.2) is 24.6 Å². The van der Waals surface area contributed by atoms with Crippen molar-refractivity contribution < 1.29 is 4.48 Å². The summed E-state index contributed by atoms with van der Waals surface area (Å²) in [4.78, 5) is 0. The molecular formula is C14H26N+. The van der Waals surface area contributed by atoms with Crippen molar-refractivity contribution in [3.63, 3.8) is 0 Å². The molecule has 0 saturated carbocycles. The van der Waals surface area contributed by atoms with Crippen LogP contribution in [0.1, 0.15) is 52.4 Å². The number of nitrogens with zero attached hydrogens (tertiary/aromatic N) is 1. The summed E-state index contributed by atoms with van der Waals surface area (Å²) in [6.45, 7) is 7.14. The van der Waals surface area contributed by atoms with Gasteiger partial charge < -0.3 is 0 Å². The molecule has 0 fully saturated rings. The van der Waals surface area contributed by atoms with E-state index in [9.17, 15) is 0 Å². The monoisotopic (exact) mass is 208 g/mol. The zero-order valence-electron chi connectivity index (χ0n) is 10.4. The molecule has 1 heteroatoms. The molecule has 0 unspecified atom stereocenters. The molecule has 0 bridgehead atoms. The van der Waals surface area contributed by atoms with E-state index in [1.165, 1.54) is 51.6 Å². The van der Waals surface area contributed by atoms with E-state index < -0.39 is 0 Å². The lowest BCUT2D eigenvalue weighted by Gasteiger charge is -2.29. The summed E-state index contributed by atoms with van der Waals surface area (Å²) >= 11 is 0. The van der Waals surface area contributed by atoms with Crippen LogP contribution < -0.4 is 0 Å². The molecular weight excluding hydrogens is 182 g/mol. The van der Waals surface area contributed by atoms with E-state index in [0.717, 1.165) is 4.48 Å². The summed E-state index contributed by atoms with van der Waals surface area (Å²) in [6.07, 6.45) is 17.2. The van der Waals surface area contributed by atoms with E-state index in [2.05, 4.69) is 38.4 Å². The van der Waals surface area contributed by atoms with Crippen molar-refractivity contribution in [3.8, 4) is 0 Å². The van der Waals surface area contributed by atoms with Crippen molar-refractivity contribution in [1.82, 2.24) is 0 Å². The third kappa shape index (κ3) is 4.21. The lowest BCUT2D eigenvalue weighted by atomic mass is 10.2. The molecule has 0 N–H and O–H groups in total. The largest absolute Gasteiger partial charge is 0.271 e. The zero-order chi connectivity index (χ0) is 11.0. The van der Waals surface area contributed by atoms with E-state index in [-0.39, 0.29) is 0 Å². The minimum atomic E-state index is 1.11. The molecule has 15 heavy (non-hydrogen) atoms. The molecule has 86 valence electrons. The first kappa shape index (κ1) is 12.5. The first-order valence-corrected chi connectivity index (χ1v) is 6.56. The smallest absolute Gasteiger partial charge is 0.101 e. The second-order valence-electron chi connectivity index (χ2n) is 4.65. The van der Waals surface area contributed by atoms with Crippen molar-refractivity contribution >= 4 is 0 Å². The second kappa shape index (κ2) is 6.84. The summed E-state index contributed by atoms with van der Waals surface area (Å²) in [5, 5.41) is 0. The second-order valence-corrected chi connectivity index (χ2v) is 4.65. The van der Waals surface area contributed by atoms with Crippen LogP contribution in [-0.4, -0.2) is 17.6 Å². The SMILES string of the molecule is CCCCC[N+]1(CCCCC)C=CC=C1. The number of hydrogen-bond donors (Lipinski definition) is 0. The predicted molar refractivity (Wildman–Crippen MR) is 67.3 cm³/mol. The Kier molecular flexibility index (Phi) is 5.70. The Morgan fingerprint density at radius 2 is 1.20 bits per heavy atom. The summed E-state index contributed by atoms with van der Waals surface area (Å²) in [5.41, 5.74) is 0. The van der Waals surface area contributed by atoms with Crippen LogP contribution in [0.4, 0.5) is 0 Å². The standard InChI is InChI=1S/C14H26N/c1-3-5-7-11-15(12-8-6-4-2)13-9-10-14-15/h9-10,13-14H,3-8,11-12H2,1-2H3/q+1.